The second kappa shape index (κ2) is 6.01. The van der Waals surface area contributed by atoms with Gasteiger partial charge in [0.1, 0.15) is 0 Å². The van der Waals surface area contributed by atoms with Crippen LogP contribution >= 0.6 is 0 Å². The fraction of sp³-hybridized carbons (Fsp3) is 0.533. The summed E-state index contributed by atoms with van der Waals surface area (Å²) in [5, 5.41) is 6.43. The van der Waals surface area contributed by atoms with Gasteiger partial charge in [0.15, 0.2) is 0 Å². The van der Waals surface area contributed by atoms with Crippen molar-refractivity contribution in [3.8, 4) is 0 Å². The first-order valence-electron chi connectivity index (χ1n) is 6.85. The lowest BCUT2D eigenvalue weighted by atomic mass is 9.95. The Labute approximate surface area is 109 Å². The Morgan fingerprint density at radius 3 is 2.67 bits per heavy atom. The van der Waals surface area contributed by atoms with Gasteiger partial charge in [0.2, 0.25) is 5.91 Å². The highest BCUT2D eigenvalue weighted by molar-refractivity contribution is 5.82. The van der Waals surface area contributed by atoms with Crippen molar-refractivity contribution >= 4 is 5.91 Å². The fourth-order valence-electron chi connectivity index (χ4n) is 2.43. The molecule has 1 aromatic rings. The van der Waals surface area contributed by atoms with Crippen LogP contribution in [0.1, 0.15) is 37.8 Å². The molecule has 0 aromatic heterocycles. The van der Waals surface area contributed by atoms with E-state index in [0.29, 0.717) is 6.04 Å². The predicted octanol–water partition coefficient (Wildman–Crippen LogP) is 2.01. The third-order valence-electron chi connectivity index (χ3n) is 3.73. The van der Waals surface area contributed by atoms with Crippen molar-refractivity contribution in [2.75, 3.05) is 0 Å². The summed E-state index contributed by atoms with van der Waals surface area (Å²) in [5.74, 6) is 0.137. The highest BCUT2D eigenvalue weighted by Gasteiger charge is 2.24. The van der Waals surface area contributed by atoms with Crippen molar-refractivity contribution in [2.24, 2.45) is 0 Å². The van der Waals surface area contributed by atoms with Crippen molar-refractivity contribution < 1.29 is 4.79 Å². The Morgan fingerprint density at radius 1 is 1.33 bits per heavy atom. The van der Waals surface area contributed by atoms with E-state index in [2.05, 4.69) is 36.6 Å². The molecule has 0 unspecified atom stereocenters. The zero-order valence-corrected chi connectivity index (χ0v) is 11.2. The van der Waals surface area contributed by atoms with Crippen LogP contribution in [0, 0.1) is 0 Å². The number of hydrogen-bond donors (Lipinski definition) is 2. The molecule has 1 amide bonds. The number of carbonyl (C=O) groups excluding carboxylic acids is 1. The van der Waals surface area contributed by atoms with Gasteiger partial charge in [-0.25, -0.2) is 0 Å². The quantitative estimate of drug-likeness (QED) is 0.853. The minimum absolute atomic E-state index is 0.0829. The molecule has 3 nitrogen and oxygen atoms in total. The van der Waals surface area contributed by atoms with Gasteiger partial charge in [-0.3, -0.25) is 4.79 Å². The Balaban J connectivity index is 1.98. The van der Waals surface area contributed by atoms with Crippen LogP contribution in [-0.4, -0.2) is 18.0 Å². The van der Waals surface area contributed by atoms with E-state index in [-0.39, 0.29) is 11.9 Å². The summed E-state index contributed by atoms with van der Waals surface area (Å²) in [6.45, 7) is 5.01. The topological polar surface area (TPSA) is 41.1 Å². The molecule has 0 fully saturated rings. The fourth-order valence-corrected chi connectivity index (χ4v) is 2.43. The SMILES string of the molecule is CCC(CC)NC(=O)[C@@H]1Cc2ccccc2CN1. The molecular weight excluding hydrogens is 224 g/mol. The lowest BCUT2D eigenvalue weighted by Gasteiger charge is -2.27. The van der Waals surface area contributed by atoms with Crippen molar-refractivity contribution in [3.05, 3.63) is 35.4 Å². The average molecular weight is 246 g/mol. The normalized spacial score (nSPS) is 18.5. The van der Waals surface area contributed by atoms with E-state index in [1.165, 1.54) is 11.1 Å². The number of carbonyl (C=O) groups is 1. The zero-order chi connectivity index (χ0) is 13.0. The van der Waals surface area contributed by atoms with E-state index in [1.54, 1.807) is 0 Å². The highest BCUT2D eigenvalue weighted by Crippen LogP contribution is 2.16. The van der Waals surface area contributed by atoms with Gasteiger partial charge in [-0.2, -0.15) is 0 Å². The van der Waals surface area contributed by atoms with Crippen molar-refractivity contribution in [1.82, 2.24) is 10.6 Å². The predicted molar refractivity (Wildman–Crippen MR) is 73.3 cm³/mol. The zero-order valence-electron chi connectivity index (χ0n) is 11.2. The number of hydrogen-bond acceptors (Lipinski definition) is 2. The van der Waals surface area contributed by atoms with Crippen molar-refractivity contribution in [3.63, 3.8) is 0 Å². The summed E-state index contributed by atoms with van der Waals surface area (Å²) in [6, 6.07) is 8.55. The second-order valence-corrected chi connectivity index (χ2v) is 4.93. The molecular formula is C15H22N2O. The second-order valence-electron chi connectivity index (χ2n) is 4.93. The van der Waals surface area contributed by atoms with Gasteiger partial charge in [-0.05, 0) is 30.4 Å². The van der Waals surface area contributed by atoms with E-state index < -0.39 is 0 Å². The summed E-state index contributed by atoms with van der Waals surface area (Å²) in [5.41, 5.74) is 2.60. The number of amides is 1. The van der Waals surface area contributed by atoms with Gasteiger partial charge in [0.25, 0.3) is 0 Å². The summed E-state index contributed by atoms with van der Waals surface area (Å²) >= 11 is 0. The Morgan fingerprint density at radius 2 is 2.00 bits per heavy atom. The molecule has 0 bridgehead atoms. The van der Waals surface area contributed by atoms with E-state index in [9.17, 15) is 4.79 Å². The standard InChI is InChI=1S/C15H22N2O/c1-3-13(4-2)17-15(18)14-9-11-7-5-6-8-12(11)10-16-14/h5-8,13-14,16H,3-4,9-10H2,1-2H3,(H,17,18)/t14-/m0/s1. The Hall–Kier alpha value is -1.35. The van der Waals surface area contributed by atoms with Crippen molar-refractivity contribution in [2.45, 2.75) is 51.7 Å². The highest BCUT2D eigenvalue weighted by atomic mass is 16.2. The first-order valence-corrected chi connectivity index (χ1v) is 6.85. The molecule has 1 heterocycles. The molecule has 18 heavy (non-hydrogen) atoms. The van der Waals surface area contributed by atoms with Crippen LogP contribution in [0.4, 0.5) is 0 Å². The van der Waals surface area contributed by atoms with E-state index in [4.69, 9.17) is 0 Å². The van der Waals surface area contributed by atoms with Gasteiger partial charge < -0.3 is 10.6 Å². The number of fused-ring (bicyclic) bond motifs is 1. The molecule has 98 valence electrons. The van der Waals surface area contributed by atoms with E-state index >= 15 is 0 Å². The van der Waals surface area contributed by atoms with Crippen LogP contribution in [0.2, 0.25) is 0 Å². The van der Waals surface area contributed by atoms with E-state index in [0.717, 1.165) is 25.8 Å². The van der Waals surface area contributed by atoms with Crippen LogP contribution in [0.15, 0.2) is 24.3 Å². The average Bonchev–Trinajstić information content (AvgIpc) is 2.44. The Bertz CT molecular complexity index is 413. The monoisotopic (exact) mass is 246 g/mol. The maximum atomic E-state index is 12.2. The molecule has 2 rings (SSSR count). The first-order chi connectivity index (χ1) is 8.74. The van der Waals surface area contributed by atoms with Crippen LogP contribution in [0.3, 0.4) is 0 Å². The van der Waals surface area contributed by atoms with Crippen LogP contribution in [-0.2, 0) is 17.8 Å². The molecule has 0 saturated carbocycles. The van der Waals surface area contributed by atoms with Crippen LogP contribution in [0.25, 0.3) is 0 Å². The molecule has 0 spiro atoms. The Kier molecular flexibility index (Phi) is 4.37. The molecule has 0 radical (unpaired) electrons. The summed E-state index contributed by atoms with van der Waals surface area (Å²) < 4.78 is 0. The smallest absolute Gasteiger partial charge is 0.237 e. The third-order valence-corrected chi connectivity index (χ3v) is 3.73. The molecule has 3 heteroatoms. The summed E-state index contributed by atoms with van der Waals surface area (Å²) in [4.78, 5) is 12.2. The van der Waals surface area contributed by atoms with E-state index in [1.807, 2.05) is 12.1 Å². The summed E-state index contributed by atoms with van der Waals surface area (Å²) in [6.07, 6.45) is 2.78. The number of nitrogens with one attached hydrogen (secondary N) is 2. The number of rotatable bonds is 4. The maximum Gasteiger partial charge on any atom is 0.237 e. The molecule has 0 saturated heterocycles. The molecule has 1 aromatic carbocycles. The minimum Gasteiger partial charge on any atom is -0.352 e. The molecule has 1 atom stereocenters. The van der Waals surface area contributed by atoms with Gasteiger partial charge in [-0.1, -0.05) is 38.1 Å². The van der Waals surface area contributed by atoms with Gasteiger partial charge in [-0.15, -0.1) is 0 Å². The summed E-state index contributed by atoms with van der Waals surface area (Å²) in [7, 11) is 0. The maximum absolute atomic E-state index is 12.2. The molecule has 0 aliphatic carbocycles. The lowest BCUT2D eigenvalue weighted by molar-refractivity contribution is -0.124. The largest absolute Gasteiger partial charge is 0.352 e. The van der Waals surface area contributed by atoms with Crippen molar-refractivity contribution in [1.29, 1.82) is 0 Å². The molecule has 1 aliphatic rings. The molecule has 1 aliphatic heterocycles. The molecule has 2 N–H and O–H groups in total. The van der Waals surface area contributed by atoms with Gasteiger partial charge in [0.05, 0.1) is 6.04 Å². The number of benzene rings is 1. The third kappa shape index (κ3) is 2.91. The van der Waals surface area contributed by atoms with Gasteiger partial charge in [0, 0.05) is 12.6 Å². The van der Waals surface area contributed by atoms with Gasteiger partial charge >= 0.3 is 0 Å². The van der Waals surface area contributed by atoms with Crippen LogP contribution in [0.5, 0.6) is 0 Å². The first kappa shape index (κ1) is 13.1. The lowest BCUT2D eigenvalue weighted by Crippen LogP contribution is -2.50. The van der Waals surface area contributed by atoms with Crippen LogP contribution < -0.4 is 10.6 Å². The minimum atomic E-state index is -0.0829.